The number of hydrogen-bond acceptors (Lipinski definition) is 5. The molecular formula is C17H22N4O2. The van der Waals surface area contributed by atoms with E-state index in [0.717, 1.165) is 11.3 Å². The number of nitrogens with one attached hydrogen (secondary N) is 1. The lowest BCUT2D eigenvalue weighted by molar-refractivity contribution is -0.115. The van der Waals surface area contributed by atoms with Crippen molar-refractivity contribution in [3.8, 4) is 5.75 Å². The van der Waals surface area contributed by atoms with Crippen LogP contribution < -0.4 is 15.0 Å². The minimum absolute atomic E-state index is 0.128. The fourth-order valence-corrected chi connectivity index (χ4v) is 2.15. The number of likely N-dealkylation sites (N-methyl/N-ethyl adjacent to an activating group) is 1. The van der Waals surface area contributed by atoms with Gasteiger partial charge in [-0.2, -0.15) is 5.10 Å². The number of rotatable bonds is 6. The van der Waals surface area contributed by atoms with Gasteiger partial charge >= 0.3 is 0 Å². The van der Waals surface area contributed by atoms with E-state index < -0.39 is 0 Å². The van der Waals surface area contributed by atoms with Gasteiger partial charge in [-0.05, 0) is 44.5 Å². The third-order valence-electron chi connectivity index (χ3n) is 3.64. The van der Waals surface area contributed by atoms with Crippen molar-refractivity contribution < 1.29 is 9.53 Å². The summed E-state index contributed by atoms with van der Waals surface area (Å²) in [5.74, 6) is 1.21. The number of hydrogen-bond donors (Lipinski definition) is 1. The number of amides is 1. The van der Waals surface area contributed by atoms with E-state index in [9.17, 15) is 4.79 Å². The second kappa shape index (κ2) is 7.58. The lowest BCUT2D eigenvalue weighted by Crippen LogP contribution is -2.34. The Labute approximate surface area is 136 Å². The highest BCUT2D eigenvalue weighted by Crippen LogP contribution is 2.23. The molecule has 0 radical (unpaired) electrons. The molecule has 0 aliphatic carbocycles. The molecule has 0 bridgehead atoms. The molecule has 0 saturated heterocycles. The number of aryl methyl sites for hydroxylation is 2. The number of aromatic nitrogens is 2. The highest BCUT2D eigenvalue weighted by Gasteiger charge is 2.14. The Kier molecular flexibility index (Phi) is 5.51. The van der Waals surface area contributed by atoms with Crippen molar-refractivity contribution in [3.05, 3.63) is 41.6 Å². The molecule has 0 aliphatic heterocycles. The molecule has 1 amide bonds. The minimum atomic E-state index is -0.128. The monoisotopic (exact) mass is 314 g/mol. The maximum Gasteiger partial charge on any atom is 0.244 e. The molecule has 0 spiro atoms. The molecule has 0 unspecified atom stereocenters. The molecule has 1 heterocycles. The van der Waals surface area contributed by atoms with Crippen molar-refractivity contribution >= 4 is 17.4 Å². The lowest BCUT2D eigenvalue weighted by atomic mass is 10.2. The summed E-state index contributed by atoms with van der Waals surface area (Å²) in [4.78, 5) is 14.2. The van der Waals surface area contributed by atoms with E-state index in [1.807, 2.05) is 56.0 Å². The highest BCUT2D eigenvalue weighted by molar-refractivity contribution is 5.95. The predicted octanol–water partition coefficient (Wildman–Crippen LogP) is 2.57. The van der Waals surface area contributed by atoms with Gasteiger partial charge in [-0.1, -0.05) is 12.1 Å². The Balaban J connectivity index is 2.09. The standard InChI is InChI=1S/C17H22N4O2/c1-5-21(16-10-12(2)13(3)19-20-16)11-17(22)18-14-8-6-7-9-15(14)23-4/h6-10H,5,11H2,1-4H3,(H,18,22). The maximum atomic E-state index is 12.3. The Hall–Kier alpha value is -2.63. The van der Waals surface area contributed by atoms with E-state index in [1.165, 1.54) is 0 Å². The molecule has 2 rings (SSSR count). The SMILES string of the molecule is CCN(CC(=O)Nc1ccccc1OC)c1cc(C)c(C)nn1. The fourth-order valence-electron chi connectivity index (χ4n) is 2.15. The molecular weight excluding hydrogens is 292 g/mol. The fraction of sp³-hybridized carbons (Fsp3) is 0.353. The number of anilines is 2. The number of benzene rings is 1. The highest BCUT2D eigenvalue weighted by atomic mass is 16.5. The van der Waals surface area contributed by atoms with Crippen LogP contribution in [0, 0.1) is 13.8 Å². The van der Waals surface area contributed by atoms with Crippen molar-refractivity contribution in [3.63, 3.8) is 0 Å². The van der Waals surface area contributed by atoms with Crippen LogP contribution in [-0.4, -0.2) is 36.3 Å². The zero-order valence-corrected chi connectivity index (χ0v) is 14.0. The first-order valence-electron chi connectivity index (χ1n) is 7.54. The summed E-state index contributed by atoms with van der Waals surface area (Å²) in [6.07, 6.45) is 0. The minimum Gasteiger partial charge on any atom is -0.495 e. The van der Waals surface area contributed by atoms with E-state index in [-0.39, 0.29) is 12.5 Å². The molecule has 0 atom stereocenters. The third kappa shape index (κ3) is 4.18. The van der Waals surface area contributed by atoms with E-state index >= 15 is 0 Å². The molecule has 6 heteroatoms. The van der Waals surface area contributed by atoms with Crippen molar-refractivity contribution in [1.29, 1.82) is 0 Å². The number of carbonyl (C=O) groups is 1. The van der Waals surface area contributed by atoms with Crippen molar-refractivity contribution in [2.24, 2.45) is 0 Å². The molecule has 6 nitrogen and oxygen atoms in total. The molecule has 23 heavy (non-hydrogen) atoms. The van der Waals surface area contributed by atoms with Gasteiger partial charge < -0.3 is 15.0 Å². The normalized spacial score (nSPS) is 10.3. The van der Waals surface area contributed by atoms with Crippen LogP contribution in [-0.2, 0) is 4.79 Å². The van der Waals surface area contributed by atoms with Crippen LogP contribution in [0.25, 0.3) is 0 Å². The number of methoxy groups -OCH3 is 1. The van der Waals surface area contributed by atoms with Crippen LogP contribution in [0.1, 0.15) is 18.2 Å². The Morgan fingerprint density at radius 1 is 1.26 bits per heavy atom. The lowest BCUT2D eigenvalue weighted by Gasteiger charge is -2.21. The average Bonchev–Trinajstić information content (AvgIpc) is 2.55. The summed E-state index contributed by atoms with van der Waals surface area (Å²) >= 11 is 0. The molecule has 1 N–H and O–H groups in total. The third-order valence-corrected chi connectivity index (χ3v) is 3.64. The van der Waals surface area contributed by atoms with Gasteiger partial charge in [0.15, 0.2) is 5.82 Å². The van der Waals surface area contributed by atoms with E-state index in [1.54, 1.807) is 7.11 Å². The number of carbonyl (C=O) groups excluding carboxylic acids is 1. The summed E-state index contributed by atoms with van der Waals surface area (Å²) in [6, 6.07) is 9.27. The van der Waals surface area contributed by atoms with E-state index in [2.05, 4.69) is 15.5 Å². The van der Waals surface area contributed by atoms with Crippen molar-refractivity contribution in [2.45, 2.75) is 20.8 Å². The first-order chi connectivity index (χ1) is 11.0. The van der Waals surface area contributed by atoms with Gasteiger partial charge in [0.05, 0.1) is 25.0 Å². The van der Waals surface area contributed by atoms with Gasteiger partial charge in [-0.25, -0.2) is 0 Å². The molecule has 2 aromatic rings. The van der Waals surface area contributed by atoms with Gasteiger partial charge in [-0.15, -0.1) is 5.10 Å². The molecule has 1 aromatic carbocycles. The summed E-state index contributed by atoms with van der Waals surface area (Å²) in [7, 11) is 1.58. The van der Waals surface area contributed by atoms with Gasteiger partial charge in [0.1, 0.15) is 5.75 Å². The summed E-state index contributed by atoms with van der Waals surface area (Å²) in [5.41, 5.74) is 2.60. The summed E-state index contributed by atoms with van der Waals surface area (Å²) in [6.45, 7) is 6.74. The number of ether oxygens (including phenoxy) is 1. The molecule has 1 aromatic heterocycles. The zero-order valence-electron chi connectivity index (χ0n) is 14.0. The number of nitrogens with zero attached hydrogens (tertiary/aromatic N) is 3. The topological polar surface area (TPSA) is 67.4 Å². The van der Waals surface area contributed by atoms with Crippen LogP contribution >= 0.6 is 0 Å². The van der Waals surface area contributed by atoms with Crippen molar-refractivity contribution in [2.75, 3.05) is 30.4 Å². The maximum absolute atomic E-state index is 12.3. The van der Waals surface area contributed by atoms with Crippen LogP contribution in [0.4, 0.5) is 11.5 Å². The number of para-hydroxylation sites is 2. The second-order valence-corrected chi connectivity index (χ2v) is 5.23. The van der Waals surface area contributed by atoms with Crippen LogP contribution in [0.2, 0.25) is 0 Å². The largest absolute Gasteiger partial charge is 0.495 e. The second-order valence-electron chi connectivity index (χ2n) is 5.23. The quantitative estimate of drug-likeness (QED) is 0.887. The zero-order chi connectivity index (χ0) is 16.8. The van der Waals surface area contributed by atoms with Gasteiger partial charge in [0.2, 0.25) is 5.91 Å². The molecule has 0 saturated carbocycles. The molecule has 0 fully saturated rings. The first kappa shape index (κ1) is 16.7. The Morgan fingerprint density at radius 2 is 2.00 bits per heavy atom. The van der Waals surface area contributed by atoms with E-state index in [0.29, 0.717) is 23.8 Å². The summed E-state index contributed by atoms with van der Waals surface area (Å²) in [5, 5.41) is 11.2. The van der Waals surface area contributed by atoms with Gasteiger partial charge in [0, 0.05) is 6.54 Å². The predicted molar refractivity (Wildman–Crippen MR) is 91.0 cm³/mol. The Morgan fingerprint density at radius 3 is 2.65 bits per heavy atom. The summed E-state index contributed by atoms with van der Waals surface area (Å²) < 4.78 is 5.24. The van der Waals surface area contributed by atoms with Crippen molar-refractivity contribution in [1.82, 2.24) is 10.2 Å². The van der Waals surface area contributed by atoms with Gasteiger partial charge in [-0.3, -0.25) is 4.79 Å². The average molecular weight is 314 g/mol. The first-order valence-corrected chi connectivity index (χ1v) is 7.54. The molecule has 0 aliphatic rings. The van der Waals surface area contributed by atoms with Crippen LogP contribution in [0.5, 0.6) is 5.75 Å². The van der Waals surface area contributed by atoms with Crippen LogP contribution in [0.3, 0.4) is 0 Å². The van der Waals surface area contributed by atoms with Gasteiger partial charge in [0.25, 0.3) is 0 Å². The molecule has 122 valence electrons. The van der Waals surface area contributed by atoms with E-state index in [4.69, 9.17) is 4.74 Å². The Bertz CT molecular complexity index is 688. The smallest absolute Gasteiger partial charge is 0.244 e. The van der Waals surface area contributed by atoms with Crippen LogP contribution in [0.15, 0.2) is 30.3 Å².